The topological polar surface area (TPSA) is 50.7 Å². The van der Waals surface area contributed by atoms with Crippen molar-refractivity contribution in [2.45, 2.75) is 18.9 Å². The van der Waals surface area contributed by atoms with Gasteiger partial charge in [0.1, 0.15) is 0 Å². The Morgan fingerprint density at radius 1 is 1.31 bits per heavy atom. The molecule has 0 fully saturated rings. The monoisotopic (exact) mass is 191 g/mol. The zero-order valence-corrected chi connectivity index (χ0v) is 8.58. The number of hydrogen-bond donors (Lipinski definition) is 2. The highest BCUT2D eigenvalue weighted by atomic mass is 16.5. The molecule has 0 spiro atoms. The largest absolute Gasteiger partial charge is 0.395 e. The maximum atomic E-state index is 8.83. The highest BCUT2D eigenvalue weighted by molar-refractivity contribution is 4.60. The van der Waals surface area contributed by atoms with Gasteiger partial charge in [-0.05, 0) is 19.9 Å². The minimum Gasteiger partial charge on any atom is -0.395 e. The first-order chi connectivity index (χ1) is 6.35. The Balaban J connectivity index is 3.05. The van der Waals surface area contributed by atoms with Gasteiger partial charge in [0.25, 0.3) is 0 Å². The minimum absolute atomic E-state index is 0.155. The summed E-state index contributed by atoms with van der Waals surface area (Å²) in [6.07, 6.45) is 1.78. The summed E-state index contributed by atoms with van der Waals surface area (Å²) >= 11 is 0. The molecule has 80 valence electrons. The molecule has 0 rings (SSSR count). The summed E-state index contributed by atoms with van der Waals surface area (Å²) < 4.78 is 10.2. The zero-order valence-electron chi connectivity index (χ0n) is 8.58. The third-order valence-electron chi connectivity index (χ3n) is 1.88. The van der Waals surface area contributed by atoms with E-state index in [0.29, 0.717) is 6.61 Å². The van der Waals surface area contributed by atoms with Crippen molar-refractivity contribution in [2.24, 2.45) is 0 Å². The van der Waals surface area contributed by atoms with Crippen LogP contribution in [0.25, 0.3) is 0 Å². The molecule has 0 aromatic carbocycles. The van der Waals surface area contributed by atoms with E-state index >= 15 is 0 Å². The molecule has 0 saturated carbocycles. The van der Waals surface area contributed by atoms with Crippen LogP contribution in [0.1, 0.15) is 12.8 Å². The number of rotatable bonds is 9. The van der Waals surface area contributed by atoms with E-state index in [-0.39, 0.29) is 12.6 Å². The van der Waals surface area contributed by atoms with Crippen molar-refractivity contribution in [1.82, 2.24) is 5.32 Å². The second-order valence-corrected chi connectivity index (χ2v) is 2.92. The molecular formula is C9H21NO3. The first-order valence-electron chi connectivity index (χ1n) is 4.70. The number of nitrogens with one attached hydrogen (secondary N) is 1. The van der Waals surface area contributed by atoms with Crippen LogP contribution in [0.15, 0.2) is 0 Å². The first-order valence-corrected chi connectivity index (χ1v) is 4.70. The Kier molecular flexibility index (Phi) is 9.80. The fraction of sp³-hybridized carbons (Fsp3) is 1.00. The van der Waals surface area contributed by atoms with Gasteiger partial charge in [-0.15, -0.1) is 0 Å². The lowest BCUT2D eigenvalue weighted by Gasteiger charge is -2.12. The molecule has 0 amide bonds. The van der Waals surface area contributed by atoms with Gasteiger partial charge in [0, 0.05) is 33.0 Å². The van der Waals surface area contributed by atoms with Crippen LogP contribution >= 0.6 is 0 Å². The van der Waals surface area contributed by atoms with Gasteiger partial charge in [0.05, 0.1) is 6.61 Å². The molecule has 0 aromatic rings. The van der Waals surface area contributed by atoms with Crippen LogP contribution in [0.3, 0.4) is 0 Å². The average Bonchev–Trinajstić information content (AvgIpc) is 2.17. The van der Waals surface area contributed by atoms with Crippen molar-refractivity contribution in [3.05, 3.63) is 0 Å². The van der Waals surface area contributed by atoms with Crippen LogP contribution in [0.5, 0.6) is 0 Å². The molecule has 0 aliphatic carbocycles. The summed E-state index contributed by atoms with van der Waals surface area (Å²) in [6.45, 7) is 2.33. The second-order valence-electron chi connectivity index (χ2n) is 2.92. The van der Waals surface area contributed by atoms with Gasteiger partial charge in [-0.3, -0.25) is 0 Å². The molecule has 0 aliphatic rings. The average molecular weight is 191 g/mol. The quantitative estimate of drug-likeness (QED) is 0.504. The van der Waals surface area contributed by atoms with Gasteiger partial charge in [0.15, 0.2) is 0 Å². The molecule has 0 aliphatic heterocycles. The fourth-order valence-corrected chi connectivity index (χ4v) is 0.960. The number of methoxy groups -OCH3 is 1. The molecule has 13 heavy (non-hydrogen) atoms. The Hall–Kier alpha value is -0.160. The number of hydrogen-bond acceptors (Lipinski definition) is 4. The predicted octanol–water partition coefficient (Wildman–Crippen LogP) is 0.00990. The summed E-state index contributed by atoms with van der Waals surface area (Å²) in [6, 6.07) is 0.155. The number of aliphatic hydroxyl groups is 1. The molecule has 1 unspecified atom stereocenters. The van der Waals surface area contributed by atoms with Crippen LogP contribution < -0.4 is 5.32 Å². The van der Waals surface area contributed by atoms with Crippen molar-refractivity contribution in [3.8, 4) is 0 Å². The number of aliphatic hydroxyl groups excluding tert-OH is 1. The number of ether oxygens (including phenoxy) is 2. The van der Waals surface area contributed by atoms with Crippen LogP contribution in [0, 0.1) is 0 Å². The lowest BCUT2D eigenvalue weighted by molar-refractivity contribution is 0.0916. The van der Waals surface area contributed by atoms with Crippen LogP contribution in [0.4, 0.5) is 0 Å². The van der Waals surface area contributed by atoms with Crippen LogP contribution in [0.2, 0.25) is 0 Å². The van der Waals surface area contributed by atoms with Gasteiger partial charge in [-0.2, -0.15) is 0 Å². The maximum absolute atomic E-state index is 8.83. The molecule has 0 radical (unpaired) electrons. The predicted molar refractivity (Wildman–Crippen MR) is 51.9 cm³/mol. The van der Waals surface area contributed by atoms with Crippen molar-refractivity contribution < 1.29 is 14.6 Å². The highest BCUT2D eigenvalue weighted by Crippen LogP contribution is 1.92. The number of likely N-dealkylation sites (N-methyl/N-ethyl adjacent to an activating group) is 1. The van der Waals surface area contributed by atoms with E-state index in [1.165, 1.54) is 0 Å². The summed E-state index contributed by atoms with van der Waals surface area (Å²) in [5.74, 6) is 0. The molecule has 0 bridgehead atoms. The van der Waals surface area contributed by atoms with Crippen LogP contribution in [-0.2, 0) is 9.47 Å². The summed E-state index contributed by atoms with van der Waals surface area (Å²) in [4.78, 5) is 0. The van der Waals surface area contributed by atoms with Gasteiger partial charge < -0.3 is 19.9 Å². The fourth-order valence-electron chi connectivity index (χ4n) is 0.960. The molecule has 0 saturated heterocycles. The molecular weight excluding hydrogens is 170 g/mol. The SMILES string of the molecule is CNC(CO)CCOCCCOC. The van der Waals surface area contributed by atoms with Gasteiger partial charge >= 0.3 is 0 Å². The van der Waals surface area contributed by atoms with Crippen molar-refractivity contribution >= 4 is 0 Å². The van der Waals surface area contributed by atoms with E-state index in [2.05, 4.69) is 5.32 Å². The van der Waals surface area contributed by atoms with Crippen molar-refractivity contribution in [3.63, 3.8) is 0 Å². The third kappa shape index (κ3) is 8.18. The molecule has 4 nitrogen and oxygen atoms in total. The van der Waals surface area contributed by atoms with Gasteiger partial charge in [-0.1, -0.05) is 0 Å². The Labute approximate surface area is 80.2 Å². The van der Waals surface area contributed by atoms with Crippen molar-refractivity contribution in [2.75, 3.05) is 40.6 Å². The minimum atomic E-state index is 0.155. The van der Waals surface area contributed by atoms with Crippen molar-refractivity contribution in [1.29, 1.82) is 0 Å². The van der Waals surface area contributed by atoms with E-state index in [4.69, 9.17) is 14.6 Å². The maximum Gasteiger partial charge on any atom is 0.0585 e. The Bertz CT molecular complexity index is 96.9. The lowest BCUT2D eigenvalue weighted by Crippen LogP contribution is -2.30. The van der Waals surface area contributed by atoms with E-state index in [0.717, 1.165) is 26.1 Å². The first kappa shape index (κ1) is 12.8. The second kappa shape index (κ2) is 9.92. The summed E-state index contributed by atoms with van der Waals surface area (Å²) in [5.41, 5.74) is 0. The molecule has 0 heterocycles. The van der Waals surface area contributed by atoms with Crippen LogP contribution in [-0.4, -0.2) is 51.7 Å². The Morgan fingerprint density at radius 2 is 2.08 bits per heavy atom. The lowest BCUT2D eigenvalue weighted by atomic mass is 10.2. The van der Waals surface area contributed by atoms with Gasteiger partial charge in [0.2, 0.25) is 0 Å². The molecule has 1 atom stereocenters. The van der Waals surface area contributed by atoms with E-state index in [9.17, 15) is 0 Å². The van der Waals surface area contributed by atoms with E-state index in [1.807, 2.05) is 7.05 Å². The van der Waals surface area contributed by atoms with E-state index < -0.39 is 0 Å². The molecule has 2 N–H and O–H groups in total. The standard InChI is InChI=1S/C9H21NO3/c1-10-9(8-11)4-7-13-6-3-5-12-2/h9-11H,3-8H2,1-2H3. The summed E-state index contributed by atoms with van der Waals surface area (Å²) in [5, 5.41) is 11.8. The normalized spacial score (nSPS) is 13.2. The van der Waals surface area contributed by atoms with Gasteiger partial charge in [-0.25, -0.2) is 0 Å². The van der Waals surface area contributed by atoms with E-state index in [1.54, 1.807) is 7.11 Å². The molecule has 4 heteroatoms. The summed E-state index contributed by atoms with van der Waals surface area (Å²) in [7, 11) is 3.52. The Morgan fingerprint density at radius 3 is 2.62 bits per heavy atom. The zero-order chi connectivity index (χ0) is 9.94. The highest BCUT2D eigenvalue weighted by Gasteiger charge is 2.02. The smallest absolute Gasteiger partial charge is 0.0585 e. The third-order valence-corrected chi connectivity index (χ3v) is 1.88. The molecule has 0 aromatic heterocycles.